The second kappa shape index (κ2) is 8.60. The zero-order valence-corrected chi connectivity index (χ0v) is 11.7. The fourth-order valence-electron chi connectivity index (χ4n) is 2.05. The maximum absolute atomic E-state index is 11.9. The highest BCUT2D eigenvalue weighted by atomic mass is 35.5. The maximum Gasteiger partial charge on any atom is 0.405 e. The molecule has 1 heterocycles. The van der Waals surface area contributed by atoms with E-state index in [9.17, 15) is 18.0 Å². The normalized spacial score (nSPS) is 20.6. The summed E-state index contributed by atoms with van der Waals surface area (Å²) in [6, 6.07) is 0.261. The van der Waals surface area contributed by atoms with Crippen LogP contribution >= 0.6 is 12.4 Å². The molecule has 0 aliphatic carbocycles. The fourth-order valence-corrected chi connectivity index (χ4v) is 2.05. The SMILES string of the molecule is CN(CC(=O)NCC(F)(F)F)C1CCCNCC1.Cl. The minimum absolute atomic E-state index is 0. The van der Waals surface area contributed by atoms with Crippen molar-refractivity contribution in [2.75, 3.05) is 33.2 Å². The predicted octanol–water partition coefficient (Wildman–Crippen LogP) is 1.16. The van der Waals surface area contributed by atoms with E-state index < -0.39 is 18.6 Å². The summed E-state index contributed by atoms with van der Waals surface area (Å²) < 4.78 is 35.8. The van der Waals surface area contributed by atoms with Gasteiger partial charge in [-0.05, 0) is 39.4 Å². The van der Waals surface area contributed by atoms with E-state index in [0.717, 1.165) is 32.4 Å². The van der Waals surface area contributed by atoms with E-state index >= 15 is 0 Å². The van der Waals surface area contributed by atoms with Crippen LogP contribution in [0.25, 0.3) is 0 Å². The molecule has 4 nitrogen and oxygen atoms in total. The van der Waals surface area contributed by atoms with Crippen LogP contribution in [-0.4, -0.2) is 56.3 Å². The summed E-state index contributed by atoms with van der Waals surface area (Å²) in [7, 11) is 1.78. The second-order valence-electron chi connectivity index (χ2n) is 4.64. The molecule has 1 aliphatic heterocycles. The number of likely N-dealkylation sites (N-methyl/N-ethyl adjacent to an activating group) is 1. The van der Waals surface area contributed by atoms with Gasteiger partial charge in [0.2, 0.25) is 5.91 Å². The lowest BCUT2D eigenvalue weighted by Crippen LogP contribution is -2.43. The van der Waals surface area contributed by atoms with Gasteiger partial charge in [0.25, 0.3) is 0 Å². The Kier molecular flexibility index (Phi) is 8.36. The van der Waals surface area contributed by atoms with Gasteiger partial charge in [-0.3, -0.25) is 9.69 Å². The summed E-state index contributed by atoms with van der Waals surface area (Å²) in [6.45, 7) is 0.608. The van der Waals surface area contributed by atoms with Crippen molar-refractivity contribution in [3.05, 3.63) is 0 Å². The second-order valence-corrected chi connectivity index (χ2v) is 4.64. The van der Waals surface area contributed by atoms with Crippen LogP contribution < -0.4 is 10.6 Å². The first-order chi connectivity index (χ1) is 8.38. The van der Waals surface area contributed by atoms with Crippen LogP contribution in [0.5, 0.6) is 0 Å². The van der Waals surface area contributed by atoms with Gasteiger partial charge >= 0.3 is 6.18 Å². The first-order valence-corrected chi connectivity index (χ1v) is 6.13. The molecule has 0 radical (unpaired) electrons. The molecule has 1 rings (SSSR count). The molecule has 1 fully saturated rings. The molecule has 0 spiro atoms. The van der Waals surface area contributed by atoms with Gasteiger partial charge in [0.05, 0.1) is 6.54 Å². The molecular formula is C11H21ClF3N3O. The monoisotopic (exact) mass is 303 g/mol. The van der Waals surface area contributed by atoms with Gasteiger partial charge in [0.15, 0.2) is 0 Å². The maximum atomic E-state index is 11.9. The van der Waals surface area contributed by atoms with Gasteiger partial charge in [0.1, 0.15) is 6.54 Å². The Morgan fingerprint density at radius 1 is 1.37 bits per heavy atom. The Labute approximate surface area is 117 Å². The Morgan fingerprint density at radius 3 is 2.68 bits per heavy atom. The molecule has 114 valence electrons. The van der Waals surface area contributed by atoms with Crippen molar-refractivity contribution >= 4 is 18.3 Å². The predicted molar refractivity (Wildman–Crippen MR) is 69.5 cm³/mol. The van der Waals surface area contributed by atoms with Crippen LogP contribution in [0.15, 0.2) is 0 Å². The van der Waals surface area contributed by atoms with E-state index in [2.05, 4.69) is 5.32 Å². The van der Waals surface area contributed by atoms with Crippen LogP contribution in [0, 0.1) is 0 Å². The first kappa shape index (κ1) is 18.5. The van der Waals surface area contributed by atoms with E-state index in [1.165, 1.54) is 0 Å². The highest BCUT2D eigenvalue weighted by Gasteiger charge is 2.28. The fraction of sp³-hybridized carbons (Fsp3) is 0.909. The Hall–Kier alpha value is -0.530. The summed E-state index contributed by atoms with van der Waals surface area (Å²) in [4.78, 5) is 13.2. The number of amides is 1. The van der Waals surface area contributed by atoms with Crippen molar-refractivity contribution in [2.24, 2.45) is 0 Å². The third-order valence-corrected chi connectivity index (χ3v) is 3.05. The summed E-state index contributed by atoms with van der Waals surface area (Å²) in [5, 5.41) is 5.14. The number of rotatable bonds is 4. The number of carbonyl (C=O) groups is 1. The van der Waals surface area contributed by atoms with Gasteiger partial charge < -0.3 is 10.6 Å². The lowest BCUT2D eigenvalue weighted by Gasteiger charge is -2.26. The lowest BCUT2D eigenvalue weighted by atomic mass is 10.1. The van der Waals surface area contributed by atoms with E-state index in [0.29, 0.717) is 0 Å². The van der Waals surface area contributed by atoms with Crippen molar-refractivity contribution in [1.82, 2.24) is 15.5 Å². The molecular weight excluding hydrogens is 283 g/mol. The molecule has 1 unspecified atom stereocenters. The van der Waals surface area contributed by atoms with E-state index in [4.69, 9.17) is 0 Å². The molecule has 1 saturated heterocycles. The van der Waals surface area contributed by atoms with Crippen molar-refractivity contribution in [3.8, 4) is 0 Å². The minimum Gasteiger partial charge on any atom is -0.346 e. The average molecular weight is 304 g/mol. The number of hydrogen-bond acceptors (Lipinski definition) is 3. The van der Waals surface area contributed by atoms with Crippen LogP contribution in [-0.2, 0) is 4.79 Å². The molecule has 0 aromatic carbocycles. The molecule has 0 saturated carbocycles. The van der Waals surface area contributed by atoms with Crippen molar-refractivity contribution < 1.29 is 18.0 Å². The number of halogens is 4. The molecule has 2 N–H and O–H groups in total. The van der Waals surface area contributed by atoms with E-state index in [1.807, 2.05) is 10.2 Å². The van der Waals surface area contributed by atoms with Crippen molar-refractivity contribution in [2.45, 2.75) is 31.5 Å². The number of hydrogen-bond donors (Lipinski definition) is 2. The number of alkyl halides is 3. The van der Waals surface area contributed by atoms with Gasteiger partial charge in [0, 0.05) is 6.04 Å². The van der Waals surface area contributed by atoms with Gasteiger partial charge in [-0.2, -0.15) is 13.2 Å². The first-order valence-electron chi connectivity index (χ1n) is 6.13. The van der Waals surface area contributed by atoms with Gasteiger partial charge in [-0.1, -0.05) is 0 Å². The highest BCUT2D eigenvalue weighted by Crippen LogP contribution is 2.13. The number of nitrogens with zero attached hydrogens (tertiary/aromatic N) is 1. The molecule has 8 heteroatoms. The van der Waals surface area contributed by atoms with Crippen LogP contribution in [0.3, 0.4) is 0 Å². The third kappa shape index (κ3) is 8.28. The van der Waals surface area contributed by atoms with Gasteiger partial charge in [-0.15, -0.1) is 12.4 Å². The summed E-state index contributed by atoms with van der Waals surface area (Å²) >= 11 is 0. The number of nitrogens with one attached hydrogen (secondary N) is 2. The van der Waals surface area contributed by atoms with Crippen molar-refractivity contribution in [3.63, 3.8) is 0 Å². The average Bonchev–Trinajstić information content (AvgIpc) is 2.54. The summed E-state index contributed by atoms with van der Waals surface area (Å²) in [5.41, 5.74) is 0. The molecule has 0 aromatic rings. The van der Waals surface area contributed by atoms with Crippen LogP contribution in [0.4, 0.5) is 13.2 Å². The zero-order chi connectivity index (χ0) is 13.6. The zero-order valence-electron chi connectivity index (χ0n) is 10.9. The molecule has 1 amide bonds. The Morgan fingerprint density at radius 2 is 2.05 bits per heavy atom. The Balaban J connectivity index is 0.00000324. The third-order valence-electron chi connectivity index (χ3n) is 3.05. The molecule has 0 bridgehead atoms. The minimum atomic E-state index is -4.35. The van der Waals surface area contributed by atoms with Crippen molar-refractivity contribution in [1.29, 1.82) is 0 Å². The lowest BCUT2D eigenvalue weighted by molar-refractivity contribution is -0.139. The number of carbonyl (C=O) groups excluding carboxylic acids is 1. The van der Waals surface area contributed by atoms with E-state index in [1.54, 1.807) is 7.05 Å². The van der Waals surface area contributed by atoms with Crippen LogP contribution in [0.2, 0.25) is 0 Å². The molecule has 19 heavy (non-hydrogen) atoms. The molecule has 0 aromatic heterocycles. The smallest absolute Gasteiger partial charge is 0.346 e. The largest absolute Gasteiger partial charge is 0.405 e. The quantitative estimate of drug-likeness (QED) is 0.819. The summed E-state index contributed by atoms with van der Waals surface area (Å²) in [6.07, 6.45) is -1.43. The standard InChI is InChI=1S/C11H20F3N3O.ClH/c1-17(9-3-2-5-15-6-4-9)7-10(18)16-8-11(12,13)14;/h9,15H,2-8H2,1H3,(H,16,18);1H. The van der Waals surface area contributed by atoms with E-state index in [-0.39, 0.29) is 25.0 Å². The summed E-state index contributed by atoms with van der Waals surface area (Å²) in [5.74, 6) is -0.577. The Bertz CT molecular complexity index is 268. The topological polar surface area (TPSA) is 44.4 Å². The van der Waals surface area contributed by atoms with Crippen LogP contribution in [0.1, 0.15) is 19.3 Å². The van der Waals surface area contributed by atoms with Gasteiger partial charge in [-0.25, -0.2) is 0 Å². The highest BCUT2D eigenvalue weighted by molar-refractivity contribution is 5.85. The molecule has 1 aliphatic rings. The molecule has 1 atom stereocenters.